The van der Waals surface area contributed by atoms with Gasteiger partial charge in [-0.25, -0.2) is 4.98 Å². The molecule has 0 N–H and O–H groups in total. The normalized spacial score (nSPS) is 24.9. The van der Waals surface area contributed by atoms with Crippen LogP contribution in [0.25, 0.3) is 0 Å². The zero-order chi connectivity index (χ0) is 16.5. The Morgan fingerprint density at radius 1 is 1.17 bits per heavy atom. The van der Waals surface area contributed by atoms with Crippen LogP contribution in [-0.4, -0.2) is 58.0 Å². The van der Waals surface area contributed by atoms with Gasteiger partial charge in [-0.2, -0.15) is 11.8 Å². The standard InChI is InChI=1S/C17H24N4O2S/c22-16(19-8-10-24-11-9-19)13-2-1-6-20(12-13)15-17(23)21(7-5-18-15)14-3-4-14/h5,7,13-14H,1-4,6,8-12H2. The highest BCUT2D eigenvalue weighted by Crippen LogP contribution is 2.33. The Kier molecular flexibility index (Phi) is 4.52. The summed E-state index contributed by atoms with van der Waals surface area (Å²) in [7, 11) is 0. The average Bonchev–Trinajstić information content (AvgIpc) is 3.47. The molecule has 3 heterocycles. The first-order valence-electron chi connectivity index (χ1n) is 8.92. The van der Waals surface area contributed by atoms with Gasteiger partial charge in [-0.3, -0.25) is 9.59 Å². The molecule has 0 aromatic carbocycles. The van der Waals surface area contributed by atoms with Gasteiger partial charge in [0.05, 0.1) is 5.92 Å². The fraction of sp³-hybridized carbons (Fsp3) is 0.706. The molecule has 24 heavy (non-hydrogen) atoms. The summed E-state index contributed by atoms with van der Waals surface area (Å²) < 4.78 is 1.82. The molecule has 2 aliphatic heterocycles. The molecular weight excluding hydrogens is 324 g/mol. The molecule has 1 aliphatic carbocycles. The first-order chi connectivity index (χ1) is 11.7. The first kappa shape index (κ1) is 16.0. The van der Waals surface area contributed by atoms with Crippen LogP contribution in [0, 0.1) is 5.92 Å². The predicted molar refractivity (Wildman–Crippen MR) is 95.6 cm³/mol. The van der Waals surface area contributed by atoms with Gasteiger partial charge in [-0.05, 0) is 25.7 Å². The summed E-state index contributed by atoms with van der Waals surface area (Å²) in [6.45, 7) is 3.16. The van der Waals surface area contributed by atoms with Crippen molar-refractivity contribution in [2.24, 2.45) is 5.92 Å². The highest BCUT2D eigenvalue weighted by atomic mass is 32.2. The van der Waals surface area contributed by atoms with Crippen molar-refractivity contribution >= 4 is 23.5 Å². The maximum atomic E-state index is 12.8. The lowest BCUT2D eigenvalue weighted by atomic mass is 9.96. The Morgan fingerprint density at radius 2 is 1.96 bits per heavy atom. The van der Waals surface area contributed by atoms with Gasteiger partial charge in [0.25, 0.3) is 5.56 Å². The Balaban J connectivity index is 1.49. The smallest absolute Gasteiger partial charge is 0.293 e. The summed E-state index contributed by atoms with van der Waals surface area (Å²) in [5, 5.41) is 0. The first-order valence-corrected chi connectivity index (χ1v) is 10.1. The van der Waals surface area contributed by atoms with E-state index in [9.17, 15) is 9.59 Å². The van der Waals surface area contributed by atoms with E-state index < -0.39 is 0 Å². The summed E-state index contributed by atoms with van der Waals surface area (Å²) in [6.07, 6.45) is 7.54. The molecule has 4 rings (SSSR count). The third-order valence-corrected chi connectivity index (χ3v) is 6.13. The van der Waals surface area contributed by atoms with Crippen LogP contribution in [0.5, 0.6) is 0 Å². The van der Waals surface area contributed by atoms with E-state index in [1.807, 2.05) is 26.1 Å². The van der Waals surface area contributed by atoms with Crippen molar-refractivity contribution in [3.05, 3.63) is 22.7 Å². The molecule has 1 amide bonds. The molecule has 0 spiro atoms. The molecule has 1 atom stereocenters. The maximum Gasteiger partial charge on any atom is 0.293 e. The Hall–Kier alpha value is -1.50. The number of carbonyl (C=O) groups is 1. The van der Waals surface area contributed by atoms with E-state index >= 15 is 0 Å². The van der Waals surface area contributed by atoms with E-state index in [-0.39, 0.29) is 17.4 Å². The third-order valence-electron chi connectivity index (χ3n) is 5.18. The Labute approximate surface area is 146 Å². The topological polar surface area (TPSA) is 58.4 Å². The highest BCUT2D eigenvalue weighted by molar-refractivity contribution is 7.99. The summed E-state index contributed by atoms with van der Waals surface area (Å²) in [6, 6.07) is 0.354. The van der Waals surface area contributed by atoms with E-state index in [4.69, 9.17) is 0 Å². The SMILES string of the molecule is O=C(C1CCCN(c2nccn(C3CC3)c2=O)C1)N1CCSCC1. The molecule has 1 aromatic heterocycles. The van der Waals surface area contributed by atoms with Crippen molar-refractivity contribution in [2.45, 2.75) is 31.7 Å². The molecule has 7 heteroatoms. The minimum Gasteiger partial charge on any atom is -0.351 e. The molecule has 1 aromatic rings. The number of carbonyl (C=O) groups excluding carboxylic acids is 1. The van der Waals surface area contributed by atoms with Gasteiger partial charge in [-0.1, -0.05) is 0 Å². The van der Waals surface area contributed by atoms with Crippen molar-refractivity contribution in [3.63, 3.8) is 0 Å². The number of thioether (sulfide) groups is 1. The van der Waals surface area contributed by atoms with Crippen LogP contribution in [0.2, 0.25) is 0 Å². The number of anilines is 1. The van der Waals surface area contributed by atoms with Crippen molar-refractivity contribution < 1.29 is 4.79 Å². The average molecular weight is 348 g/mol. The van der Waals surface area contributed by atoms with E-state index in [1.54, 1.807) is 12.4 Å². The van der Waals surface area contributed by atoms with Crippen LogP contribution < -0.4 is 10.5 Å². The van der Waals surface area contributed by atoms with Crippen LogP contribution in [-0.2, 0) is 4.79 Å². The molecule has 130 valence electrons. The molecule has 0 bridgehead atoms. The molecular formula is C17H24N4O2S. The fourth-order valence-electron chi connectivity index (χ4n) is 3.68. The molecule has 3 aliphatic rings. The van der Waals surface area contributed by atoms with Crippen LogP contribution in [0.3, 0.4) is 0 Å². The van der Waals surface area contributed by atoms with Crippen molar-refractivity contribution in [1.82, 2.24) is 14.5 Å². The third kappa shape index (κ3) is 3.18. The lowest BCUT2D eigenvalue weighted by molar-refractivity contribution is -0.135. The van der Waals surface area contributed by atoms with Crippen LogP contribution in [0.4, 0.5) is 5.82 Å². The number of hydrogen-bond donors (Lipinski definition) is 0. The summed E-state index contributed by atoms with van der Waals surface area (Å²) in [5.74, 6) is 2.86. The van der Waals surface area contributed by atoms with Gasteiger partial charge < -0.3 is 14.4 Å². The second kappa shape index (κ2) is 6.78. The van der Waals surface area contributed by atoms with E-state index in [0.29, 0.717) is 18.4 Å². The monoisotopic (exact) mass is 348 g/mol. The van der Waals surface area contributed by atoms with E-state index in [0.717, 1.165) is 56.8 Å². The Morgan fingerprint density at radius 3 is 2.71 bits per heavy atom. The second-order valence-electron chi connectivity index (χ2n) is 6.92. The van der Waals surface area contributed by atoms with Gasteiger partial charge in [0, 0.05) is 56.1 Å². The quantitative estimate of drug-likeness (QED) is 0.826. The zero-order valence-electron chi connectivity index (χ0n) is 13.9. The predicted octanol–water partition coefficient (Wildman–Crippen LogP) is 1.37. The van der Waals surface area contributed by atoms with Gasteiger partial charge in [0.15, 0.2) is 5.82 Å². The molecule has 0 radical (unpaired) electrons. The number of hydrogen-bond acceptors (Lipinski definition) is 5. The zero-order valence-corrected chi connectivity index (χ0v) is 14.7. The van der Waals surface area contributed by atoms with Crippen LogP contribution in [0.15, 0.2) is 17.2 Å². The fourth-order valence-corrected chi connectivity index (χ4v) is 4.59. The molecule has 1 saturated carbocycles. The van der Waals surface area contributed by atoms with Gasteiger partial charge >= 0.3 is 0 Å². The largest absolute Gasteiger partial charge is 0.351 e. The molecule has 6 nitrogen and oxygen atoms in total. The summed E-state index contributed by atoms with van der Waals surface area (Å²) in [5.41, 5.74) is 0.00229. The minimum atomic E-state index is -0.00219. The number of nitrogens with zero attached hydrogens (tertiary/aromatic N) is 4. The number of amides is 1. The van der Waals surface area contributed by atoms with Gasteiger partial charge in [0.1, 0.15) is 0 Å². The summed E-state index contributed by atoms with van der Waals surface area (Å²) in [4.78, 5) is 33.9. The van der Waals surface area contributed by atoms with Crippen LogP contribution >= 0.6 is 11.8 Å². The van der Waals surface area contributed by atoms with E-state index in [2.05, 4.69) is 4.98 Å². The number of aromatic nitrogens is 2. The summed E-state index contributed by atoms with van der Waals surface area (Å²) >= 11 is 1.91. The Bertz CT molecular complexity index is 667. The van der Waals surface area contributed by atoms with Crippen molar-refractivity contribution in [1.29, 1.82) is 0 Å². The van der Waals surface area contributed by atoms with Crippen molar-refractivity contribution in [2.75, 3.05) is 42.6 Å². The lowest BCUT2D eigenvalue weighted by Gasteiger charge is -2.36. The van der Waals surface area contributed by atoms with Crippen molar-refractivity contribution in [3.8, 4) is 0 Å². The van der Waals surface area contributed by atoms with Gasteiger partial charge in [0.2, 0.25) is 5.91 Å². The van der Waals surface area contributed by atoms with E-state index in [1.165, 1.54) is 0 Å². The maximum absolute atomic E-state index is 12.8. The second-order valence-corrected chi connectivity index (χ2v) is 8.14. The minimum absolute atomic E-state index is 0.00219. The van der Waals surface area contributed by atoms with Crippen LogP contribution in [0.1, 0.15) is 31.7 Å². The van der Waals surface area contributed by atoms with Gasteiger partial charge in [-0.15, -0.1) is 0 Å². The number of piperidine rings is 1. The molecule has 2 saturated heterocycles. The number of rotatable bonds is 3. The lowest BCUT2D eigenvalue weighted by Crippen LogP contribution is -2.48. The highest BCUT2D eigenvalue weighted by Gasteiger charge is 2.32. The molecule has 3 fully saturated rings. The molecule has 1 unspecified atom stereocenters.